The van der Waals surface area contributed by atoms with Gasteiger partial charge in [-0.2, -0.15) is 0 Å². The summed E-state index contributed by atoms with van der Waals surface area (Å²) >= 11 is 5.60. The molecule has 1 fully saturated rings. The Morgan fingerprint density at radius 2 is 2.29 bits per heavy atom. The first-order valence-electron chi connectivity index (χ1n) is 7.75. The average Bonchev–Trinajstić information content (AvgIpc) is 3.00. The number of hydrogen-bond acceptors (Lipinski definition) is 3. The van der Waals surface area contributed by atoms with Crippen LogP contribution in [0.4, 0.5) is 0 Å². The van der Waals surface area contributed by atoms with Crippen molar-refractivity contribution in [3.05, 3.63) is 30.1 Å². The third-order valence-corrected chi connectivity index (χ3v) is 4.22. The fourth-order valence-electron chi connectivity index (χ4n) is 2.37. The molecular weight excluding hydrogens is 282 g/mol. The van der Waals surface area contributed by atoms with Crippen LogP contribution in [0.25, 0.3) is 0 Å². The van der Waals surface area contributed by atoms with Crippen molar-refractivity contribution in [1.29, 1.82) is 0 Å². The van der Waals surface area contributed by atoms with Gasteiger partial charge in [-0.1, -0.05) is 6.92 Å². The minimum absolute atomic E-state index is 0.295. The molecule has 1 N–H and O–H groups in total. The Morgan fingerprint density at radius 3 is 2.90 bits per heavy atom. The first kappa shape index (κ1) is 16.2. The van der Waals surface area contributed by atoms with Crippen LogP contribution in [0.15, 0.2) is 24.5 Å². The van der Waals surface area contributed by atoms with E-state index in [2.05, 4.69) is 29.0 Å². The number of nitrogens with zero attached hydrogens (tertiary/aromatic N) is 2. The lowest BCUT2D eigenvalue weighted by atomic mass is 10.2. The van der Waals surface area contributed by atoms with Crippen LogP contribution in [-0.2, 0) is 11.3 Å². The van der Waals surface area contributed by atoms with Crippen LogP contribution in [0.3, 0.4) is 0 Å². The van der Waals surface area contributed by atoms with Crippen LogP contribution >= 0.6 is 12.2 Å². The van der Waals surface area contributed by atoms with Crippen molar-refractivity contribution >= 4 is 17.3 Å². The standard InChI is InChI=1S/C16H25N3OS/c1-3-13(2)18-16(21)19(12-15-5-4-10-20-15)11-14-6-8-17-9-7-14/h6-9,13,15H,3-5,10-12H2,1-2H3,(H,18,21)/t13-,15-/m1/s1. The van der Waals surface area contributed by atoms with E-state index in [1.54, 1.807) is 0 Å². The van der Waals surface area contributed by atoms with Crippen LogP contribution in [0.5, 0.6) is 0 Å². The molecule has 116 valence electrons. The van der Waals surface area contributed by atoms with E-state index in [0.717, 1.165) is 44.1 Å². The molecule has 0 bridgehead atoms. The number of thiocarbonyl (C=S) groups is 1. The third-order valence-electron chi connectivity index (χ3n) is 3.84. The smallest absolute Gasteiger partial charge is 0.169 e. The first-order valence-corrected chi connectivity index (χ1v) is 8.15. The summed E-state index contributed by atoms with van der Waals surface area (Å²) in [6.07, 6.45) is 7.28. The lowest BCUT2D eigenvalue weighted by Gasteiger charge is -2.30. The lowest BCUT2D eigenvalue weighted by molar-refractivity contribution is 0.0896. The zero-order chi connectivity index (χ0) is 15.1. The fourth-order valence-corrected chi connectivity index (χ4v) is 2.71. The second-order valence-corrected chi connectivity index (χ2v) is 6.02. The third kappa shape index (κ3) is 5.25. The van der Waals surface area contributed by atoms with Gasteiger partial charge in [0.25, 0.3) is 0 Å². The molecule has 0 amide bonds. The quantitative estimate of drug-likeness (QED) is 0.818. The number of rotatable bonds is 6. The van der Waals surface area contributed by atoms with Crippen LogP contribution in [0.1, 0.15) is 38.7 Å². The molecule has 1 aliphatic heterocycles. The average molecular weight is 307 g/mol. The predicted molar refractivity (Wildman–Crippen MR) is 89.1 cm³/mol. The number of nitrogens with one attached hydrogen (secondary N) is 1. The molecule has 2 rings (SSSR count). The SMILES string of the molecule is CC[C@@H](C)NC(=S)N(Cc1ccncc1)C[C@H]1CCCO1. The van der Waals surface area contributed by atoms with E-state index in [4.69, 9.17) is 17.0 Å². The molecule has 2 atom stereocenters. The van der Waals surface area contributed by atoms with Gasteiger partial charge in [0.1, 0.15) is 0 Å². The van der Waals surface area contributed by atoms with Crippen molar-refractivity contribution in [2.45, 2.75) is 51.8 Å². The molecule has 2 heterocycles. The molecule has 0 radical (unpaired) electrons. The van der Waals surface area contributed by atoms with Gasteiger partial charge in [-0.05, 0) is 56.1 Å². The van der Waals surface area contributed by atoms with E-state index in [0.29, 0.717) is 12.1 Å². The molecule has 21 heavy (non-hydrogen) atoms. The number of ether oxygens (including phenoxy) is 1. The van der Waals surface area contributed by atoms with Crippen molar-refractivity contribution in [2.75, 3.05) is 13.2 Å². The van der Waals surface area contributed by atoms with Crippen molar-refractivity contribution in [3.63, 3.8) is 0 Å². The highest BCUT2D eigenvalue weighted by Gasteiger charge is 2.21. The number of hydrogen-bond donors (Lipinski definition) is 1. The summed E-state index contributed by atoms with van der Waals surface area (Å²) in [5.74, 6) is 0. The van der Waals surface area contributed by atoms with Gasteiger partial charge in [0.15, 0.2) is 5.11 Å². The molecule has 0 unspecified atom stereocenters. The molecule has 1 aliphatic rings. The summed E-state index contributed by atoms with van der Waals surface area (Å²) in [6.45, 7) is 6.84. The van der Waals surface area contributed by atoms with Gasteiger partial charge in [0.05, 0.1) is 6.10 Å². The Hall–Kier alpha value is -1.20. The van der Waals surface area contributed by atoms with Crippen LogP contribution in [0.2, 0.25) is 0 Å². The summed E-state index contributed by atoms with van der Waals surface area (Å²) in [6, 6.07) is 4.46. The normalized spacial score (nSPS) is 19.2. The van der Waals surface area contributed by atoms with Crippen molar-refractivity contribution in [2.24, 2.45) is 0 Å². The number of aromatic nitrogens is 1. The molecule has 0 spiro atoms. The van der Waals surface area contributed by atoms with Gasteiger partial charge < -0.3 is 15.0 Å². The molecule has 4 nitrogen and oxygen atoms in total. The molecule has 0 aliphatic carbocycles. The number of pyridine rings is 1. The Bertz CT molecular complexity index is 434. The highest BCUT2D eigenvalue weighted by atomic mass is 32.1. The van der Waals surface area contributed by atoms with Gasteiger partial charge >= 0.3 is 0 Å². The maximum Gasteiger partial charge on any atom is 0.169 e. The van der Waals surface area contributed by atoms with Gasteiger partial charge in [-0.15, -0.1) is 0 Å². The van der Waals surface area contributed by atoms with E-state index >= 15 is 0 Å². The Kier molecular flexibility index (Phi) is 6.39. The predicted octanol–water partition coefficient (Wildman–Crippen LogP) is 2.74. The molecular formula is C16H25N3OS. The topological polar surface area (TPSA) is 37.4 Å². The fraction of sp³-hybridized carbons (Fsp3) is 0.625. The highest BCUT2D eigenvalue weighted by Crippen LogP contribution is 2.15. The maximum atomic E-state index is 5.76. The molecule has 5 heteroatoms. The van der Waals surface area contributed by atoms with Gasteiger partial charge in [-0.25, -0.2) is 0 Å². The van der Waals surface area contributed by atoms with E-state index in [9.17, 15) is 0 Å². The summed E-state index contributed by atoms with van der Waals surface area (Å²) in [5.41, 5.74) is 1.22. The first-order chi connectivity index (χ1) is 10.2. The molecule has 1 aromatic rings. The minimum Gasteiger partial charge on any atom is -0.376 e. The van der Waals surface area contributed by atoms with Crippen LogP contribution < -0.4 is 5.32 Å². The van der Waals surface area contributed by atoms with Crippen LogP contribution in [-0.4, -0.2) is 40.3 Å². The van der Waals surface area contributed by atoms with Crippen molar-refractivity contribution < 1.29 is 4.74 Å². The minimum atomic E-state index is 0.295. The maximum absolute atomic E-state index is 5.76. The monoisotopic (exact) mass is 307 g/mol. The summed E-state index contributed by atoms with van der Waals surface area (Å²) in [5, 5.41) is 4.23. The zero-order valence-corrected chi connectivity index (χ0v) is 13.7. The van der Waals surface area contributed by atoms with E-state index in [1.807, 2.05) is 24.5 Å². The Labute approximate surface area is 132 Å². The van der Waals surface area contributed by atoms with Gasteiger partial charge in [0.2, 0.25) is 0 Å². The Morgan fingerprint density at radius 1 is 1.52 bits per heavy atom. The lowest BCUT2D eigenvalue weighted by Crippen LogP contribution is -2.45. The van der Waals surface area contributed by atoms with Crippen molar-refractivity contribution in [1.82, 2.24) is 15.2 Å². The molecule has 0 saturated carbocycles. The molecule has 1 saturated heterocycles. The molecule has 1 aromatic heterocycles. The zero-order valence-electron chi connectivity index (χ0n) is 12.9. The van der Waals surface area contributed by atoms with Gasteiger partial charge in [-0.3, -0.25) is 4.98 Å². The van der Waals surface area contributed by atoms with E-state index in [1.165, 1.54) is 5.56 Å². The van der Waals surface area contributed by atoms with Gasteiger partial charge in [0, 0.05) is 38.1 Å². The summed E-state index contributed by atoms with van der Waals surface area (Å²) < 4.78 is 5.76. The van der Waals surface area contributed by atoms with E-state index < -0.39 is 0 Å². The summed E-state index contributed by atoms with van der Waals surface area (Å²) in [7, 11) is 0. The largest absolute Gasteiger partial charge is 0.376 e. The second kappa shape index (κ2) is 8.29. The van der Waals surface area contributed by atoms with Crippen molar-refractivity contribution in [3.8, 4) is 0 Å². The second-order valence-electron chi connectivity index (χ2n) is 5.63. The van der Waals surface area contributed by atoms with Crippen LogP contribution in [0, 0.1) is 0 Å². The highest BCUT2D eigenvalue weighted by molar-refractivity contribution is 7.80. The Balaban J connectivity index is 2.00. The van der Waals surface area contributed by atoms with E-state index in [-0.39, 0.29) is 0 Å². The molecule has 0 aromatic carbocycles. The summed E-state index contributed by atoms with van der Waals surface area (Å²) in [4.78, 5) is 6.29.